The summed E-state index contributed by atoms with van der Waals surface area (Å²) in [5, 5.41) is 0.687. The Kier molecular flexibility index (Phi) is 4.18. The molecule has 0 unspecified atom stereocenters. The van der Waals surface area contributed by atoms with Crippen LogP contribution in [0.3, 0.4) is 0 Å². The van der Waals surface area contributed by atoms with E-state index in [1.807, 2.05) is 25.1 Å². The average Bonchev–Trinajstić information content (AvgIpc) is 2.93. The Hall–Kier alpha value is -1.51. The first kappa shape index (κ1) is 14.4. The van der Waals surface area contributed by atoms with Gasteiger partial charge in [-0.3, -0.25) is 0 Å². The van der Waals surface area contributed by atoms with E-state index in [1.165, 1.54) is 36.0 Å². The van der Waals surface area contributed by atoms with Crippen LogP contribution in [0.15, 0.2) is 36.4 Å². The van der Waals surface area contributed by atoms with Crippen molar-refractivity contribution in [2.75, 3.05) is 0 Å². The maximum Gasteiger partial charge on any atom is 0.124 e. The van der Waals surface area contributed by atoms with Crippen LogP contribution >= 0.6 is 11.6 Å². The van der Waals surface area contributed by atoms with Crippen molar-refractivity contribution in [1.82, 2.24) is 0 Å². The molecule has 3 heteroatoms. The van der Waals surface area contributed by atoms with Gasteiger partial charge in [-0.25, -0.2) is 0 Å². The number of hydrogen-bond acceptors (Lipinski definition) is 2. The highest BCUT2D eigenvalue weighted by Crippen LogP contribution is 2.28. The quantitative estimate of drug-likeness (QED) is 0.907. The molecule has 0 spiro atoms. The molecule has 3 rings (SSSR count). The second-order valence-electron chi connectivity index (χ2n) is 5.72. The molecule has 1 atom stereocenters. The highest BCUT2D eigenvalue weighted by Gasteiger charge is 2.12. The first-order chi connectivity index (χ1) is 10.1. The Morgan fingerprint density at radius 1 is 1.14 bits per heavy atom. The minimum absolute atomic E-state index is 0.0984. The van der Waals surface area contributed by atoms with Crippen LogP contribution < -0.4 is 10.5 Å². The number of fused-ring (bicyclic) bond motifs is 1. The molecule has 2 aromatic carbocycles. The third kappa shape index (κ3) is 3.22. The van der Waals surface area contributed by atoms with Crippen LogP contribution in [-0.4, -0.2) is 0 Å². The first-order valence-corrected chi connectivity index (χ1v) is 7.80. The van der Waals surface area contributed by atoms with E-state index in [0.717, 1.165) is 11.3 Å². The number of halogens is 1. The average molecular weight is 302 g/mol. The summed E-state index contributed by atoms with van der Waals surface area (Å²) in [6.07, 6.45) is 3.67. The van der Waals surface area contributed by atoms with Crippen LogP contribution in [0.2, 0.25) is 5.02 Å². The lowest BCUT2D eigenvalue weighted by molar-refractivity contribution is 0.301. The van der Waals surface area contributed by atoms with Crippen molar-refractivity contribution in [2.24, 2.45) is 5.73 Å². The zero-order valence-electron chi connectivity index (χ0n) is 12.2. The zero-order chi connectivity index (χ0) is 14.8. The van der Waals surface area contributed by atoms with Crippen molar-refractivity contribution < 1.29 is 4.74 Å². The summed E-state index contributed by atoms with van der Waals surface area (Å²) in [7, 11) is 0. The topological polar surface area (TPSA) is 35.2 Å². The van der Waals surface area contributed by atoms with E-state index in [0.29, 0.717) is 11.6 Å². The zero-order valence-corrected chi connectivity index (χ0v) is 13.0. The van der Waals surface area contributed by atoms with E-state index in [-0.39, 0.29) is 6.04 Å². The molecule has 0 fully saturated rings. The molecule has 2 N–H and O–H groups in total. The van der Waals surface area contributed by atoms with Gasteiger partial charge in [0.1, 0.15) is 12.4 Å². The van der Waals surface area contributed by atoms with Crippen molar-refractivity contribution >= 4 is 11.6 Å². The monoisotopic (exact) mass is 301 g/mol. The molecule has 2 nitrogen and oxygen atoms in total. The summed E-state index contributed by atoms with van der Waals surface area (Å²) in [6, 6.07) is 12.2. The van der Waals surface area contributed by atoms with Crippen molar-refractivity contribution in [2.45, 2.75) is 38.8 Å². The minimum atomic E-state index is -0.0984. The van der Waals surface area contributed by atoms with E-state index in [9.17, 15) is 0 Å². The van der Waals surface area contributed by atoms with Gasteiger partial charge in [0.2, 0.25) is 0 Å². The Bertz CT molecular complexity index is 652. The molecule has 1 aliphatic carbocycles. The highest BCUT2D eigenvalue weighted by molar-refractivity contribution is 6.30. The van der Waals surface area contributed by atoms with Crippen LogP contribution in [0.5, 0.6) is 5.75 Å². The normalized spacial score (nSPS) is 14.8. The van der Waals surface area contributed by atoms with Crippen molar-refractivity contribution in [1.29, 1.82) is 0 Å². The van der Waals surface area contributed by atoms with E-state index in [1.54, 1.807) is 0 Å². The molecule has 0 heterocycles. The summed E-state index contributed by atoms with van der Waals surface area (Å²) in [5.74, 6) is 0.815. The molecule has 1 aliphatic rings. The molecular formula is C18H20ClNO. The Morgan fingerprint density at radius 2 is 1.95 bits per heavy atom. The number of aryl methyl sites for hydroxylation is 2. The number of rotatable bonds is 4. The maximum absolute atomic E-state index is 6.03. The summed E-state index contributed by atoms with van der Waals surface area (Å²) in [6.45, 7) is 2.50. The van der Waals surface area contributed by atoms with Crippen molar-refractivity contribution in [3.8, 4) is 5.75 Å². The number of ether oxygens (including phenoxy) is 1. The molecule has 21 heavy (non-hydrogen) atoms. The molecular weight excluding hydrogens is 282 g/mol. The molecule has 0 saturated heterocycles. The van der Waals surface area contributed by atoms with Crippen LogP contribution in [0.4, 0.5) is 0 Å². The second-order valence-corrected chi connectivity index (χ2v) is 6.15. The van der Waals surface area contributed by atoms with Gasteiger partial charge in [0, 0.05) is 16.6 Å². The third-order valence-corrected chi connectivity index (χ3v) is 4.25. The van der Waals surface area contributed by atoms with E-state index in [2.05, 4.69) is 18.2 Å². The lowest BCUT2D eigenvalue weighted by atomic mass is 10.1. The number of hydrogen-bond donors (Lipinski definition) is 1. The molecule has 0 radical (unpaired) electrons. The summed E-state index contributed by atoms with van der Waals surface area (Å²) in [4.78, 5) is 0. The largest absolute Gasteiger partial charge is 0.489 e. The van der Waals surface area contributed by atoms with Crippen LogP contribution in [0.1, 0.15) is 41.6 Å². The van der Waals surface area contributed by atoms with Crippen LogP contribution in [-0.2, 0) is 19.4 Å². The van der Waals surface area contributed by atoms with Gasteiger partial charge in [0.15, 0.2) is 0 Å². The Labute approximate surface area is 130 Å². The molecule has 0 amide bonds. The lowest BCUT2D eigenvalue weighted by Crippen LogP contribution is -2.08. The van der Waals surface area contributed by atoms with Crippen LogP contribution in [0, 0.1) is 0 Å². The van der Waals surface area contributed by atoms with Gasteiger partial charge in [-0.15, -0.1) is 0 Å². The lowest BCUT2D eigenvalue weighted by Gasteiger charge is -2.15. The van der Waals surface area contributed by atoms with Gasteiger partial charge in [0.25, 0.3) is 0 Å². The molecule has 110 valence electrons. The fraction of sp³-hybridized carbons (Fsp3) is 0.333. The smallest absolute Gasteiger partial charge is 0.124 e. The van der Waals surface area contributed by atoms with Gasteiger partial charge in [-0.2, -0.15) is 0 Å². The van der Waals surface area contributed by atoms with Crippen LogP contribution in [0.25, 0.3) is 0 Å². The number of nitrogens with two attached hydrogens (primary N) is 1. The SMILES string of the molecule is C[C@H](N)c1cc(Cl)ccc1OCc1ccc2c(c1)CCC2. The van der Waals surface area contributed by atoms with Gasteiger partial charge >= 0.3 is 0 Å². The van der Waals surface area contributed by atoms with E-state index >= 15 is 0 Å². The second kappa shape index (κ2) is 6.08. The highest BCUT2D eigenvalue weighted by atomic mass is 35.5. The summed E-state index contributed by atoms with van der Waals surface area (Å²) < 4.78 is 5.96. The molecule has 0 aromatic heterocycles. The van der Waals surface area contributed by atoms with Gasteiger partial charge < -0.3 is 10.5 Å². The van der Waals surface area contributed by atoms with Gasteiger partial charge in [-0.05, 0) is 61.1 Å². The minimum Gasteiger partial charge on any atom is -0.489 e. The summed E-state index contributed by atoms with van der Waals surface area (Å²) in [5.41, 5.74) is 11.1. The van der Waals surface area contributed by atoms with Crippen molar-refractivity contribution in [3.05, 3.63) is 63.7 Å². The third-order valence-electron chi connectivity index (χ3n) is 4.02. The fourth-order valence-corrected chi connectivity index (χ4v) is 3.06. The molecule has 0 aliphatic heterocycles. The van der Waals surface area contributed by atoms with E-state index in [4.69, 9.17) is 22.1 Å². The Morgan fingerprint density at radius 3 is 2.76 bits per heavy atom. The summed E-state index contributed by atoms with van der Waals surface area (Å²) >= 11 is 6.03. The molecule has 2 aromatic rings. The van der Waals surface area contributed by atoms with Gasteiger partial charge in [-0.1, -0.05) is 29.8 Å². The predicted molar refractivity (Wildman–Crippen MR) is 86.9 cm³/mol. The Balaban J connectivity index is 1.76. The first-order valence-electron chi connectivity index (χ1n) is 7.42. The molecule has 0 bridgehead atoms. The predicted octanol–water partition coefficient (Wildman–Crippen LogP) is 4.43. The van der Waals surface area contributed by atoms with Crippen molar-refractivity contribution in [3.63, 3.8) is 0 Å². The van der Waals surface area contributed by atoms with Gasteiger partial charge in [0.05, 0.1) is 0 Å². The maximum atomic E-state index is 6.03. The molecule has 0 saturated carbocycles. The fourth-order valence-electron chi connectivity index (χ4n) is 2.88. The van der Waals surface area contributed by atoms with E-state index < -0.39 is 0 Å². The number of benzene rings is 2. The standard InChI is InChI=1S/C18H20ClNO/c1-12(20)17-10-16(19)7-8-18(17)21-11-13-5-6-14-3-2-4-15(14)9-13/h5-10,12H,2-4,11,20H2,1H3/t12-/m0/s1.